The fraction of sp³-hybridized carbons (Fsp3) is 0.500. The largest absolute Gasteiger partial charge is 0.355 e. The van der Waals surface area contributed by atoms with E-state index in [-0.39, 0.29) is 24.9 Å². The highest BCUT2D eigenvalue weighted by Gasteiger charge is 2.11. The third-order valence-corrected chi connectivity index (χ3v) is 4.32. The van der Waals surface area contributed by atoms with Gasteiger partial charge in [0.2, 0.25) is 11.8 Å². The van der Waals surface area contributed by atoms with Gasteiger partial charge in [-0.05, 0) is 58.2 Å². The first-order valence-corrected chi connectivity index (χ1v) is 9.02. The van der Waals surface area contributed by atoms with E-state index in [9.17, 15) is 9.59 Å². The van der Waals surface area contributed by atoms with E-state index in [4.69, 9.17) is 0 Å². The summed E-state index contributed by atoms with van der Waals surface area (Å²) in [5.41, 5.74) is 3.38. The van der Waals surface area contributed by atoms with Crippen LogP contribution >= 0.6 is 0 Å². The van der Waals surface area contributed by atoms with Crippen molar-refractivity contribution in [2.75, 3.05) is 32.0 Å². The molecule has 0 atom stereocenters. The second kappa shape index (κ2) is 9.99. The first-order valence-electron chi connectivity index (χ1n) is 9.02. The fourth-order valence-corrected chi connectivity index (χ4v) is 2.93. The molecule has 2 rings (SSSR count). The molecule has 0 bridgehead atoms. The van der Waals surface area contributed by atoms with Gasteiger partial charge in [0.1, 0.15) is 0 Å². The van der Waals surface area contributed by atoms with Gasteiger partial charge in [0.15, 0.2) is 0 Å². The topological polar surface area (TPSA) is 61.4 Å². The molecule has 2 N–H and O–H groups in total. The predicted octanol–water partition coefficient (Wildman–Crippen LogP) is 2.87. The number of nitrogens with one attached hydrogen (secondary N) is 2. The number of carbonyl (C=O) groups is 2. The van der Waals surface area contributed by atoms with Gasteiger partial charge >= 0.3 is 0 Å². The van der Waals surface area contributed by atoms with E-state index in [1.165, 1.54) is 24.8 Å². The fourth-order valence-electron chi connectivity index (χ4n) is 2.93. The zero-order chi connectivity index (χ0) is 18.1. The van der Waals surface area contributed by atoms with E-state index in [0.29, 0.717) is 6.54 Å². The Morgan fingerprint density at radius 2 is 1.80 bits per heavy atom. The van der Waals surface area contributed by atoms with Crippen LogP contribution in [0.3, 0.4) is 0 Å². The number of hydrogen-bond acceptors (Lipinski definition) is 3. The summed E-state index contributed by atoms with van der Waals surface area (Å²) in [7, 11) is 1.78. The molecule has 1 aliphatic carbocycles. The number of allylic oxidation sites excluding steroid dienone is 1. The highest BCUT2D eigenvalue weighted by molar-refractivity contribution is 5.92. The van der Waals surface area contributed by atoms with Crippen LogP contribution in [0.2, 0.25) is 0 Å². The van der Waals surface area contributed by atoms with E-state index in [0.717, 1.165) is 24.1 Å². The number of hydrogen-bond donors (Lipinski definition) is 2. The van der Waals surface area contributed by atoms with E-state index in [1.54, 1.807) is 11.9 Å². The maximum absolute atomic E-state index is 12.0. The van der Waals surface area contributed by atoms with Gasteiger partial charge in [-0.2, -0.15) is 0 Å². The summed E-state index contributed by atoms with van der Waals surface area (Å²) in [5, 5.41) is 5.78. The standard InChI is InChI=1S/C20H29N3O2/c1-16-8-10-18(11-9-16)22-20(25)15-23(2)14-19(24)21-13-12-17-6-4-3-5-7-17/h6,8-11H,3-5,7,12-15H2,1-2H3,(H,21,24)(H,22,25). The van der Waals surface area contributed by atoms with Gasteiger partial charge in [-0.1, -0.05) is 29.3 Å². The minimum absolute atomic E-state index is 0.0398. The van der Waals surface area contributed by atoms with Gasteiger partial charge in [0, 0.05) is 12.2 Å². The van der Waals surface area contributed by atoms with Crippen molar-refractivity contribution in [1.29, 1.82) is 0 Å². The van der Waals surface area contributed by atoms with Gasteiger partial charge in [0.05, 0.1) is 13.1 Å². The lowest BCUT2D eigenvalue weighted by atomic mass is 9.97. The van der Waals surface area contributed by atoms with Crippen molar-refractivity contribution in [2.24, 2.45) is 0 Å². The van der Waals surface area contributed by atoms with Gasteiger partial charge in [0.25, 0.3) is 0 Å². The molecule has 0 spiro atoms. The average Bonchev–Trinajstić information content (AvgIpc) is 2.57. The third kappa shape index (κ3) is 7.52. The Bertz CT molecular complexity index is 608. The zero-order valence-corrected chi connectivity index (χ0v) is 15.3. The number of carbonyl (C=O) groups excluding carboxylic acids is 2. The second-order valence-electron chi connectivity index (χ2n) is 6.79. The maximum Gasteiger partial charge on any atom is 0.238 e. The van der Waals surface area contributed by atoms with E-state index in [1.807, 2.05) is 31.2 Å². The zero-order valence-electron chi connectivity index (χ0n) is 15.3. The molecule has 25 heavy (non-hydrogen) atoms. The van der Waals surface area contributed by atoms with Gasteiger partial charge in [-0.15, -0.1) is 0 Å². The molecule has 0 aliphatic heterocycles. The van der Waals surface area contributed by atoms with Crippen molar-refractivity contribution in [2.45, 2.75) is 39.0 Å². The molecule has 0 radical (unpaired) electrons. The van der Waals surface area contributed by atoms with Crippen molar-refractivity contribution >= 4 is 17.5 Å². The van der Waals surface area contributed by atoms with Crippen LogP contribution in [-0.2, 0) is 9.59 Å². The molecule has 136 valence electrons. The Kier molecular flexibility index (Phi) is 7.67. The first kappa shape index (κ1) is 19.2. The number of likely N-dealkylation sites (N-methyl/N-ethyl adjacent to an activating group) is 1. The number of amides is 2. The van der Waals surface area contributed by atoms with Crippen molar-refractivity contribution in [3.8, 4) is 0 Å². The van der Waals surface area contributed by atoms with Crippen molar-refractivity contribution in [1.82, 2.24) is 10.2 Å². The van der Waals surface area contributed by atoms with Gasteiger partial charge < -0.3 is 10.6 Å². The Morgan fingerprint density at radius 1 is 1.08 bits per heavy atom. The molecule has 1 aromatic rings. The Hall–Kier alpha value is -2.14. The lowest BCUT2D eigenvalue weighted by Gasteiger charge is -2.17. The van der Waals surface area contributed by atoms with Crippen LogP contribution in [0, 0.1) is 6.92 Å². The number of aryl methyl sites for hydroxylation is 1. The summed E-state index contributed by atoms with van der Waals surface area (Å²) in [5.74, 6) is -0.159. The number of anilines is 1. The summed E-state index contributed by atoms with van der Waals surface area (Å²) in [6.45, 7) is 3.09. The summed E-state index contributed by atoms with van der Waals surface area (Å²) >= 11 is 0. The summed E-state index contributed by atoms with van der Waals surface area (Å²) in [4.78, 5) is 25.7. The monoisotopic (exact) mass is 343 g/mol. The molecule has 5 heteroatoms. The van der Waals surface area contributed by atoms with Gasteiger partial charge in [-0.3, -0.25) is 14.5 Å². The van der Waals surface area contributed by atoms with Crippen LogP contribution in [0.25, 0.3) is 0 Å². The van der Waals surface area contributed by atoms with Crippen LogP contribution in [0.5, 0.6) is 0 Å². The molecule has 0 aromatic heterocycles. The molecular weight excluding hydrogens is 314 g/mol. The Balaban J connectivity index is 1.63. The summed E-state index contributed by atoms with van der Waals surface area (Å²) in [6, 6.07) is 7.66. The Labute approximate surface area is 150 Å². The Morgan fingerprint density at radius 3 is 2.48 bits per heavy atom. The molecule has 5 nitrogen and oxygen atoms in total. The van der Waals surface area contributed by atoms with Crippen LogP contribution in [0.1, 0.15) is 37.7 Å². The normalized spacial score (nSPS) is 14.1. The molecule has 0 saturated carbocycles. The number of nitrogens with zero attached hydrogens (tertiary/aromatic N) is 1. The number of rotatable bonds is 8. The molecule has 2 amide bonds. The lowest BCUT2D eigenvalue weighted by molar-refractivity contribution is -0.122. The highest BCUT2D eigenvalue weighted by Crippen LogP contribution is 2.19. The van der Waals surface area contributed by atoms with Crippen molar-refractivity contribution < 1.29 is 9.59 Å². The smallest absolute Gasteiger partial charge is 0.238 e. The predicted molar refractivity (Wildman–Crippen MR) is 101 cm³/mol. The van der Waals surface area contributed by atoms with E-state index in [2.05, 4.69) is 16.7 Å². The minimum atomic E-state index is -0.119. The van der Waals surface area contributed by atoms with Crippen LogP contribution in [-0.4, -0.2) is 43.4 Å². The van der Waals surface area contributed by atoms with E-state index < -0.39 is 0 Å². The molecular formula is C20H29N3O2. The quantitative estimate of drug-likeness (QED) is 0.714. The summed E-state index contributed by atoms with van der Waals surface area (Å²) < 4.78 is 0. The molecule has 0 unspecified atom stereocenters. The molecule has 0 saturated heterocycles. The maximum atomic E-state index is 12.0. The van der Waals surface area contributed by atoms with E-state index >= 15 is 0 Å². The third-order valence-electron chi connectivity index (χ3n) is 4.32. The van der Waals surface area contributed by atoms with Crippen LogP contribution in [0.15, 0.2) is 35.9 Å². The van der Waals surface area contributed by atoms with Crippen LogP contribution < -0.4 is 10.6 Å². The molecule has 1 aliphatic rings. The summed E-state index contributed by atoms with van der Waals surface area (Å²) in [6.07, 6.45) is 8.11. The van der Waals surface area contributed by atoms with Crippen LogP contribution in [0.4, 0.5) is 5.69 Å². The first-order chi connectivity index (χ1) is 12.0. The van der Waals surface area contributed by atoms with Crippen molar-refractivity contribution in [3.63, 3.8) is 0 Å². The average molecular weight is 343 g/mol. The second-order valence-corrected chi connectivity index (χ2v) is 6.79. The molecule has 0 fully saturated rings. The minimum Gasteiger partial charge on any atom is -0.355 e. The number of benzene rings is 1. The molecule has 1 aromatic carbocycles. The highest BCUT2D eigenvalue weighted by atomic mass is 16.2. The molecule has 0 heterocycles. The SMILES string of the molecule is Cc1ccc(NC(=O)CN(C)CC(=O)NCCC2=CCCCC2)cc1. The van der Waals surface area contributed by atoms with Crippen molar-refractivity contribution in [3.05, 3.63) is 41.5 Å². The lowest BCUT2D eigenvalue weighted by Crippen LogP contribution is -2.39. The van der Waals surface area contributed by atoms with Gasteiger partial charge in [-0.25, -0.2) is 0 Å².